The number of aromatic nitrogens is 4. The Bertz CT molecular complexity index is 1570. The van der Waals surface area contributed by atoms with Gasteiger partial charge < -0.3 is 19.3 Å². The molecule has 3 aromatic rings. The molecule has 3 fully saturated rings. The van der Waals surface area contributed by atoms with Crippen molar-refractivity contribution in [3.8, 4) is 17.0 Å². The molecule has 12 heteroatoms. The van der Waals surface area contributed by atoms with Crippen molar-refractivity contribution >= 4 is 29.4 Å². The first-order valence-corrected chi connectivity index (χ1v) is 18.2. The van der Waals surface area contributed by atoms with Gasteiger partial charge in [-0.2, -0.15) is 5.10 Å². The van der Waals surface area contributed by atoms with E-state index < -0.39 is 0 Å². The molecule has 0 spiro atoms. The molecule has 2 amide bonds. The van der Waals surface area contributed by atoms with Gasteiger partial charge in [0, 0.05) is 68.8 Å². The maximum Gasteiger partial charge on any atom is 0.410 e. The second kappa shape index (κ2) is 15.9. The number of anilines is 1. The van der Waals surface area contributed by atoms with Crippen LogP contribution in [0.2, 0.25) is 5.02 Å². The van der Waals surface area contributed by atoms with Crippen molar-refractivity contribution in [2.45, 2.75) is 83.3 Å². The highest BCUT2D eigenvalue weighted by Crippen LogP contribution is 2.39. The molecule has 0 unspecified atom stereocenters. The van der Waals surface area contributed by atoms with Crippen molar-refractivity contribution in [1.82, 2.24) is 29.5 Å². The minimum atomic E-state index is -0.227. The number of amides is 2. The maximum absolute atomic E-state index is 14.4. The lowest BCUT2D eigenvalue weighted by Gasteiger charge is -2.36. The summed E-state index contributed by atoms with van der Waals surface area (Å²) < 4.78 is 13.1. The number of methoxy groups -OCH3 is 1. The number of ether oxygens (including phenoxy) is 2. The highest BCUT2D eigenvalue weighted by Gasteiger charge is 2.35. The number of nitrogens with zero attached hydrogens (tertiary/aromatic N) is 7. The summed E-state index contributed by atoms with van der Waals surface area (Å²) >= 11 is 6.40. The van der Waals surface area contributed by atoms with Gasteiger partial charge in [-0.05, 0) is 113 Å². The summed E-state index contributed by atoms with van der Waals surface area (Å²) in [7, 11) is 3.64. The lowest BCUT2D eigenvalue weighted by atomic mass is 9.78. The van der Waals surface area contributed by atoms with Crippen LogP contribution in [0, 0.1) is 11.8 Å². The molecular formula is C37H50ClN7O4. The lowest BCUT2D eigenvalue weighted by Crippen LogP contribution is -2.48. The van der Waals surface area contributed by atoms with E-state index in [2.05, 4.69) is 35.9 Å². The van der Waals surface area contributed by atoms with Crippen LogP contribution >= 0.6 is 11.6 Å². The van der Waals surface area contributed by atoms with Crippen molar-refractivity contribution in [3.05, 3.63) is 53.6 Å². The van der Waals surface area contributed by atoms with Gasteiger partial charge in [0.25, 0.3) is 0 Å². The number of rotatable bonds is 9. The van der Waals surface area contributed by atoms with Gasteiger partial charge in [0.1, 0.15) is 16.9 Å². The second-order valence-electron chi connectivity index (χ2n) is 14.3. The Hall–Kier alpha value is -3.70. The van der Waals surface area contributed by atoms with Crippen molar-refractivity contribution in [3.63, 3.8) is 0 Å². The molecule has 2 aliphatic carbocycles. The van der Waals surface area contributed by atoms with Crippen molar-refractivity contribution < 1.29 is 19.1 Å². The van der Waals surface area contributed by atoms with E-state index in [9.17, 15) is 9.59 Å². The SMILES string of the molecule is COc1ncc([C@H]2CC[C@H](CN(c3cc(-c4cnn(C(C)C)c4)ccn3)C(=O)[C@H]3CC[C@H](OC(=O)N4CCN(C)CC4)CC3)CC2)cc1Cl. The van der Waals surface area contributed by atoms with Gasteiger partial charge in [0.2, 0.25) is 11.8 Å². The Morgan fingerprint density at radius 1 is 0.959 bits per heavy atom. The second-order valence-corrected chi connectivity index (χ2v) is 14.7. The lowest BCUT2D eigenvalue weighted by molar-refractivity contribution is -0.124. The molecule has 1 saturated heterocycles. The third kappa shape index (κ3) is 8.55. The summed E-state index contributed by atoms with van der Waals surface area (Å²) in [5.74, 6) is 1.81. The van der Waals surface area contributed by atoms with Crippen LogP contribution in [0.4, 0.5) is 10.6 Å². The van der Waals surface area contributed by atoms with Gasteiger partial charge in [-0.25, -0.2) is 14.8 Å². The zero-order valence-electron chi connectivity index (χ0n) is 29.3. The van der Waals surface area contributed by atoms with Crippen LogP contribution in [-0.4, -0.2) is 94.5 Å². The first-order chi connectivity index (χ1) is 23.7. The Balaban J connectivity index is 1.14. The molecule has 4 heterocycles. The molecule has 1 aliphatic heterocycles. The van der Waals surface area contributed by atoms with E-state index in [1.165, 1.54) is 0 Å². The van der Waals surface area contributed by atoms with Crippen molar-refractivity contribution in [2.75, 3.05) is 51.8 Å². The molecule has 3 aromatic heterocycles. The summed E-state index contributed by atoms with van der Waals surface area (Å²) in [6, 6.07) is 6.24. The molecule has 6 rings (SSSR count). The minimum Gasteiger partial charge on any atom is -0.480 e. The van der Waals surface area contributed by atoms with Gasteiger partial charge in [-0.15, -0.1) is 0 Å². The van der Waals surface area contributed by atoms with Gasteiger partial charge in [-0.1, -0.05) is 11.6 Å². The summed E-state index contributed by atoms with van der Waals surface area (Å²) in [5, 5.41) is 5.07. The average Bonchev–Trinajstić information content (AvgIpc) is 3.63. The molecule has 11 nitrogen and oxygen atoms in total. The van der Waals surface area contributed by atoms with Crippen LogP contribution < -0.4 is 9.64 Å². The number of carbonyl (C=O) groups is 2. The molecule has 2 saturated carbocycles. The summed E-state index contributed by atoms with van der Waals surface area (Å²) in [4.78, 5) is 42.4. The number of halogens is 1. The predicted molar refractivity (Wildman–Crippen MR) is 190 cm³/mol. The van der Waals surface area contributed by atoms with E-state index in [4.69, 9.17) is 26.1 Å². The smallest absolute Gasteiger partial charge is 0.410 e. The Kier molecular flexibility index (Phi) is 11.4. The van der Waals surface area contributed by atoms with E-state index in [0.29, 0.717) is 73.9 Å². The van der Waals surface area contributed by atoms with Gasteiger partial charge in [0.15, 0.2) is 0 Å². The van der Waals surface area contributed by atoms with E-state index in [0.717, 1.165) is 55.5 Å². The Morgan fingerprint density at radius 3 is 2.35 bits per heavy atom. The quantitative estimate of drug-likeness (QED) is 0.240. The average molecular weight is 692 g/mol. The number of likely N-dealkylation sites (N-methyl/N-ethyl adjacent to an activating group) is 1. The summed E-state index contributed by atoms with van der Waals surface area (Å²) in [6.07, 6.45) is 14.0. The molecule has 0 bridgehead atoms. The summed E-state index contributed by atoms with van der Waals surface area (Å²) in [6.45, 7) is 7.92. The largest absolute Gasteiger partial charge is 0.480 e. The van der Waals surface area contributed by atoms with Crippen molar-refractivity contribution in [1.29, 1.82) is 0 Å². The highest BCUT2D eigenvalue weighted by molar-refractivity contribution is 6.31. The standard InChI is InChI=1S/C37H50ClN7O4/c1-25(2)45-24-31(22-41-45)29-13-14-39-34(20-29)44(23-26-5-7-27(8-6-26)30-19-33(38)35(48-4)40-21-30)36(46)28-9-11-32(12-10-28)49-37(47)43-17-15-42(3)16-18-43/h13-14,19-22,24-28,32H,5-12,15-18,23H2,1-4H3/t26-,27-,28-,32-. The van der Waals surface area contributed by atoms with E-state index >= 15 is 0 Å². The zero-order chi connectivity index (χ0) is 34.5. The monoisotopic (exact) mass is 691 g/mol. The maximum atomic E-state index is 14.4. The first kappa shape index (κ1) is 35.1. The number of hydrogen-bond acceptors (Lipinski definition) is 8. The highest BCUT2D eigenvalue weighted by atomic mass is 35.5. The fourth-order valence-corrected chi connectivity index (χ4v) is 7.67. The molecule has 0 atom stereocenters. The Labute approximate surface area is 294 Å². The van der Waals surface area contributed by atoms with Crippen LogP contribution in [0.25, 0.3) is 11.1 Å². The van der Waals surface area contributed by atoms with Crippen LogP contribution in [0.3, 0.4) is 0 Å². The van der Waals surface area contributed by atoms with Gasteiger partial charge in [-0.3, -0.25) is 14.4 Å². The molecule has 3 aliphatic rings. The molecule has 264 valence electrons. The van der Waals surface area contributed by atoms with Gasteiger partial charge >= 0.3 is 6.09 Å². The normalized spacial score (nSPS) is 23.3. The number of piperazine rings is 1. The van der Waals surface area contributed by atoms with Crippen LogP contribution in [-0.2, 0) is 9.53 Å². The fraction of sp³-hybridized carbons (Fsp3) is 0.595. The third-order valence-electron chi connectivity index (χ3n) is 10.6. The minimum absolute atomic E-state index is 0.111. The van der Waals surface area contributed by atoms with Crippen LogP contribution in [0.15, 0.2) is 43.0 Å². The number of pyridine rings is 2. The fourth-order valence-electron chi connectivity index (χ4n) is 7.42. The molecule has 0 radical (unpaired) electrons. The van der Waals surface area contributed by atoms with Gasteiger partial charge in [0.05, 0.1) is 13.3 Å². The number of carbonyl (C=O) groups excluding carboxylic acids is 2. The molecule has 0 aromatic carbocycles. The van der Waals surface area contributed by atoms with E-state index in [1.807, 2.05) is 46.4 Å². The first-order valence-electron chi connectivity index (χ1n) is 17.8. The number of hydrogen-bond donors (Lipinski definition) is 0. The van der Waals surface area contributed by atoms with Crippen LogP contribution in [0.1, 0.15) is 82.7 Å². The third-order valence-corrected chi connectivity index (χ3v) is 10.9. The zero-order valence-corrected chi connectivity index (χ0v) is 30.0. The van der Waals surface area contributed by atoms with Crippen LogP contribution in [0.5, 0.6) is 5.88 Å². The topological polar surface area (TPSA) is 106 Å². The molecule has 0 N–H and O–H groups in total. The predicted octanol–water partition coefficient (Wildman–Crippen LogP) is 6.83. The molecular weight excluding hydrogens is 642 g/mol. The summed E-state index contributed by atoms with van der Waals surface area (Å²) in [5.41, 5.74) is 3.13. The molecule has 49 heavy (non-hydrogen) atoms. The van der Waals surface area contributed by atoms with Crippen molar-refractivity contribution in [2.24, 2.45) is 11.8 Å². The van der Waals surface area contributed by atoms with E-state index in [1.54, 1.807) is 18.2 Å². The van der Waals surface area contributed by atoms with E-state index in [-0.39, 0.29) is 30.1 Å². The Morgan fingerprint density at radius 2 is 1.69 bits per heavy atom.